The van der Waals surface area contributed by atoms with Crippen molar-refractivity contribution in [2.24, 2.45) is 4.99 Å². The second kappa shape index (κ2) is 50.2. The monoisotopic (exact) mass is 432 g/mol. The lowest BCUT2D eigenvalue weighted by Crippen LogP contribution is -2.33. The van der Waals surface area contributed by atoms with Crippen LogP contribution in [0.1, 0.15) is 56.9 Å². The number of rotatable bonds is 3. The zero-order valence-corrected chi connectivity index (χ0v) is 18.2. The fourth-order valence-electron chi connectivity index (χ4n) is 1.10. The highest BCUT2D eigenvalue weighted by atomic mass is 32.2. The molecule has 1 rings (SSSR count). The summed E-state index contributed by atoms with van der Waals surface area (Å²) in [5, 5.41) is 24.6. The van der Waals surface area contributed by atoms with Crippen LogP contribution in [0.3, 0.4) is 0 Å². The maximum absolute atomic E-state index is 10.7. The lowest BCUT2D eigenvalue weighted by atomic mass is 10.2. The van der Waals surface area contributed by atoms with Gasteiger partial charge in [0, 0.05) is 34.1 Å². The lowest BCUT2D eigenvalue weighted by Gasteiger charge is -2.04. The number of aliphatic hydroxyl groups is 3. The van der Waals surface area contributed by atoms with Crippen LogP contribution in [-0.2, 0) is 9.53 Å². The summed E-state index contributed by atoms with van der Waals surface area (Å²) in [7, 11) is 4.75. The number of nitrogens with zero attached hydrogens (tertiary/aromatic N) is 1. The van der Waals surface area contributed by atoms with Crippen LogP contribution >= 0.6 is 11.8 Å². The number of aliphatic imine (C=N–C) groups is 1. The van der Waals surface area contributed by atoms with Crippen molar-refractivity contribution in [1.82, 2.24) is 5.32 Å². The van der Waals surface area contributed by atoms with E-state index in [0.717, 1.165) is 39.4 Å². The number of Topliss-reactive ketones (excluding diaryl/α,β-unsaturated/α-hetero) is 1. The molecule has 0 aromatic carbocycles. The van der Waals surface area contributed by atoms with Crippen molar-refractivity contribution in [1.29, 1.82) is 0 Å². The molecule has 4 N–H and O–H groups in total. The minimum absolute atomic E-state index is 0. The van der Waals surface area contributed by atoms with Crippen LogP contribution in [0.2, 0.25) is 0 Å². The molecule has 8 heteroatoms. The molecule has 0 bridgehead atoms. The van der Waals surface area contributed by atoms with Gasteiger partial charge in [-0.15, -0.1) is 11.8 Å². The fraction of sp³-hybridized carbons (Fsp3) is 0.800. The summed E-state index contributed by atoms with van der Waals surface area (Å²) in [6.07, 6.45) is 1.75. The quantitative estimate of drug-likeness (QED) is 0.398. The van der Waals surface area contributed by atoms with E-state index in [1.165, 1.54) is 0 Å². The molecule has 0 saturated carbocycles. The van der Waals surface area contributed by atoms with Gasteiger partial charge in [-0.3, -0.25) is 10.1 Å². The number of carbonyl (C=O) groups is 1. The predicted octanol–water partition coefficient (Wildman–Crippen LogP) is 3.62. The number of ether oxygens (including phenoxy) is 1. The molecule has 2 unspecified atom stereocenters. The Bertz CT molecular complexity index is 288. The molecule has 0 aromatic rings. The summed E-state index contributed by atoms with van der Waals surface area (Å²) in [4.78, 5) is 14.3. The van der Waals surface area contributed by atoms with Crippen molar-refractivity contribution in [3.8, 4) is 0 Å². The maximum atomic E-state index is 10.7. The van der Waals surface area contributed by atoms with Gasteiger partial charge in [-0.1, -0.05) is 28.9 Å². The molecule has 7 nitrogen and oxygen atoms in total. The van der Waals surface area contributed by atoms with Gasteiger partial charge < -0.3 is 25.0 Å². The molecule has 1 fully saturated rings. The molecule has 0 radical (unpaired) electrons. The van der Waals surface area contributed by atoms with E-state index in [4.69, 9.17) is 20.1 Å². The van der Waals surface area contributed by atoms with E-state index in [-0.39, 0.29) is 34.1 Å². The van der Waals surface area contributed by atoms with Crippen molar-refractivity contribution in [3.63, 3.8) is 0 Å². The SMILES string of the molecule is C.C.C.C=C(C)OCC.CC(=O)C1CSC(C)N1.CC=NC.CO.CO.CO. The summed E-state index contributed by atoms with van der Waals surface area (Å²) in [6, 6.07) is 0.116. The van der Waals surface area contributed by atoms with Gasteiger partial charge in [0.05, 0.1) is 23.8 Å². The Morgan fingerprint density at radius 3 is 1.61 bits per heavy atom. The van der Waals surface area contributed by atoms with Crippen LogP contribution in [0.25, 0.3) is 0 Å². The summed E-state index contributed by atoms with van der Waals surface area (Å²) >= 11 is 1.80. The molecule has 1 aliphatic heterocycles. The van der Waals surface area contributed by atoms with Gasteiger partial charge >= 0.3 is 0 Å². The molecule has 0 aliphatic carbocycles. The van der Waals surface area contributed by atoms with Crippen molar-refractivity contribution in [2.75, 3.05) is 40.7 Å². The maximum Gasteiger partial charge on any atom is 0.147 e. The molecule has 1 heterocycles. The van der Waals surface area contributed by atoms with Crippen molar-refractivity contribution >= 4 is 23.8 Å². The number of hydrogen-bond acceptors (Lipinski definition) is 8. The average Bonchev–Trinajstić information content (AvgIpc) is 3.08. The van der Waals surface area contributed by atoms with Gasteiger partial charge in [0.2, 0.25) is 0 Å². The van der Waals surface area contributed by atoms with Crippen LogP contribution in [0.4, 0.5) is 0 Å². The van der Waals surface area contributed by atoms with Gasteiger partial charge in [-0.05, 0) is 40.8 Å². The summed E-state index contributed by atoms with van der Waals surface area (Å²) < 4.78 is 4.85. The highest BCUT2D eigenvalue weighted by Gasteiger charge is 2.23. The number of aliphatic hydroxyl groups excluding tert-OH is 3. The molecular formula is C20H52N2O5S. The topological polar surface area (TPSA) is 111 Å². The standard InChI is InChI=1S/C6H11NOS.C5H10O.C3H7N.3CH4O.3CH4/c1-4(8)6-3-9-5(2)7-6;1-4-6-5(2)3;1-3-4-2;3*1-2;;;/h5-7H,3H2,1-2H3;2,4H2,1,3H3;3H,1-2H3;3*2H,1H3;3*1H4. The minimum Gasteiger partial charge on any atom is -0.499 e. The van der Waals surface area contributed by atoms with Gasteiger partial charge in [0.15, 0.2) is 0 Å². The van der Waals surface area contributed by atoms with Crippen molar-refractivity contribution < 1.29 is 24.9 Å². The molecule has 178 valence electrons. The summed E-state index contributed by atoms with van der Waals surface area (Å²) in [6.45, 7) is 13.6. The highest BCUT2D eigenvalue weighted by molar-refractivity contribution is 8.00. The van der Waals surface area contributed by atoms with Crippen LogP contribution in [0, 0.1) is 0 Å². The number of ketones is 1. The van der Waals surface area contributed by atoms with Crippen molar-refractivity contribution in [2.45, 2.75) is 68.3 Å². The smallest absolute Gasteiger partial charge is 0.147 e. The summed E-state index contributed by atoms with van der Waals surface area (Å²) in [5.41, 5.74) is 0. The summed E-state index contributed by atoms with van der Waals surface area (Å²) in [5.74, 6) is 1.99. The number of hydrogen-bond donors (Lipinski definition) is 4. The highest BCUT2D eigenvalue weighted by Crippen LogP contribution is 2.17. The third kappa shape index (κ3) is 56.2. The Labute approximate surface area is 180 Å². The number of thioether (sulfide) groups is 1. The van der Waals surface area contributed by atoms with Gasteiger partial charge in [0.25, 0.3) is 0 Å². The van der Waals surface area contributed by atoms with Gasteiger partial charge in [-0.25, -0.2) is 0 Å². The first-order valence-electron chi connectivity index (χ1n) is 7.76. The van der Waals surface area contributed by atoms with Crippen LogP contribution in [0.15, 0.2) is 17.3 Å². The molecule has 1 saturated heterocycles. The van der Waals surface area contributed by atoms with Crippen molar-refractivity contribution in [3.05, 3.63) is 12.3 Å². The normalized spacial score (nSPS) is 14.9. The Kier molecular flexibility index (Phi) is 90.7. The third-order valence-corrected chi connectivity index (χ3v) is 3.25. The van der Waals surface area contributed by atoms with E-state index in [2.05, 4.69) is 23.8 Å². The Hall–Kier alpha value is -0.930. The van der Waals surface area contributed by atoms with E-state index in [9.17, 15) is 4.79 Å². The molecule has 1 aliphatic rings. The van der Waals surface area contributed by atoms with Crippen LogP contribution in [0.5, 0.6) is 0 Å². The molecule has 0 amide bonds. The molecule has 2 atom stereocenters. The third-order valence-electron chi connectivity index (χ3n) is 2.09. The molecule has 0 aromatic heterocycles. The van der Waals surface area contributed by atoms with Gasteiger partial charge in [0.1, 0.15) is 5.78 Å². The van der Waals surface area contributed by atoms with E-state index in [1.807, 2.05) is 20.8 Å². The average molecular weight is 433 g/mol. The van der Waals surface area contributed by atoms with Crippen LogP contribution in [-0.4, -0.2) is 79.5 Å². The lowest BCUT2D eigenvalue weighted by molar-refractivity contribution is -0.118. The van der Waals surface area contributed by atoms with Crippen LogP contribution < -0.4 is 5.32 Å². The second-order valence-corrected chi connectivity index (χ2v) is 5.33. The Morgan fingerprint density at radius 1 is 1.18 bits per heavy atom. The molecule has 28 heavy (non-hydrogen) atoms. The minimum atomic E-state index is 0. The van der Waals surface area contributed by atoms with E-state index < -0.39 is 0 Å². The zero-order chi connectivity index (χ0) is 21.3. The molecule has 0 spiro atoms. The Morgan fingerprint density at radius 2 is 1.54 bits per heavy atom. The predicted molar refractivity (Wildman–Crippen MR) is 131 cm³/mol. The largest absolute Gasteiger partial charge is 0.499 e. The van der Waals surface area contributed by atoms with E-state index in [1.54, 1.807) is 31.9 Å². The van der Waals surface area contributed by atoms with E-state index >= 15 is 0 Å². The fourth-order valence-corrected chi connectivity index (χ4v) is 2.17. The zero-order valence-electron chi connectivity index (χ0n) is 17.4. The second-order valence-electron chi connectivity index (χ2n) is 3.96. The first kappa shape index (κ1) is 50.6. The molecular weight excluding hydrogens is 380 g/mol. The number of allylic oxidation sites excluding steroid dienone is 1. The van der Waals surface area contributed by atoms with E-state index in [0.29, 0.717) is 5.37 Å². The Balaban J connectivity index is -0.0000000314. The van der Waals surface area contributed by atoms with Gasteiger partial charge in [-0.2, -0.15) is 0 Å². The number of nitrogens with one attached hydrogen (secondary N) is 1. The number of carbonyl (C=O) groups excluding carboxylic acids is 1. The first-order chi connectivity index (χ1) is 11.9. The first-order valence-corrected chi connectivity index (χ1v) is 8.81.